The van der Waals surface area contributed by atoms with Gasteiger partial charge in [-0.15, -0.1) is 0 Å². The molecule has 1 aromatic carbocycles. The maximum atomic E-state index is 14.2. The summed E-state index contributed by atoms with van der Waals surface area (Å²) in [5.74, 6) is 0.245. The predicted molar refractivity (Wildman–Crippen MR) is 82.4 cm³/mol. The molecule has 2 N–H and O–H groups in total. The van der Waals surface area contributed by atoms with Crippen molar-refractivity contribution in [1.82, 2.24) is 4.90 Å². The molecule has 5 nitrogen and oxygen atoms in total. The third-order valence-corrected chi connectivity index (χ3v) is 4.18. The number of carbonyl (C=O) groups is 1. The van der Waals surface area contributed by atoms with Crippen LogP contribution in [-0.4, -0.2) is 30.1 Å². The van der Waals surface area contributed by atoms with Gasteiger partial charge in [0.05, 0.1) is 18.2 Å². The van der Waals surface area contributed by atoms with Gasteiger partial charge >= 0.3 is 6.09 Å². The van der Waals surface area contributed by atoms with E-state index in [9.17, 15) is 9.18 Å². The number of rotatable bonds is 3. The minimum atomic E-state index is -0.718. The zero-order valence-corrected chi connectivity index (χ0v) is 12.6. The highest BCUT2D eigenvalue weighted by Gasteiger charge is 2.36. The number of amides is 1. The molecule has 1 fully saturated rings. The minimum Gasteiger partial charge on any atom is -0.412 e. The number of halogens is 1. The third-order valence-electron chi connectivity index (χ3n) is 4.18. The van der Waals surface area contributed by atoms with Gasteiger partial charge in [-0.1, -0.05) is 18.2 Å². The molecule has 1 aliphatic carbocycles. The van der Waals surface area contributed by atoms with Crippen LogP contribution in [-0.2, 0) is 11.2 Å². The number of nitrogens with zero attached hydrogens (tertiary/aromatic N) is 2. The number of likely N-dealkylation sites (N-methyl/N-ethyl adjacent to an activating group) is 1. The van der Waals surface area contributed by atoms with Crippen molar-refractivity contribution in [3.63, 3.8) is 0 Å². The van der Waals surface area contributed by atoms with Crippen LogP contribution in [0.15, 0.2) is 36.1 Å². The topological polar surface area (TPSA) is 79.3 Å². The van der Waals surface area contributed by atoms with Crippen molar-refractivity contribution in [2.75, 3.05) is 7.05 Å². The van der Waals surface area contributed by atoms with Crippen LogP contribution in [0.3, 0.4) is 0 Å². The highest BCUT2D eigenvalue weighted by molar-refractivity contribution is 5.77. The molecule has 0 bridgehead atoms. The van der Waals surface area contributed by atoms with Gasteiger partial charge in [0.15, 0.2) is 0 Å². The molecule has 3 rings (SSSR count). The maximum absolute atomic E-state index is 14.2. The Hall–Kier alpha value is -2.65. The van der Waals surface area contributed by atoms with Crippen LogP contribution in [0.25, 0.3) is 5.57 Å². The van der Waals surface area contributed by atoms with Crippen LogP contribution >= 0.6 is 0 Å². The molecule has 0 spiro atoms. The summed E-state index contributed by atoms with van der Waals surface area (Å²) in [7, 11) is 1.68. The number of ether oxygens (including phenoxy) is 1. The summed E-state index contributed by atoms with van der Waals surface area (Å²) < 4.78 is 19.4. The van der Waals surface area contributed by atoms with E-state index in [0.717, 1.165) is 11.1 Å². The molecule has 23 heavy (non-hydrogen) atoms. The lowest BCUT2D eigenvalue weighted by atomic mass is 9.92. The van der Waals surface area contributed by atoms with Gasteiger partial charge in [-0.2, -0.15) is 5.26 Å². The molecular formula is C17H16FN3O2. The summed E-state index contributed by atoms with van der Waals surface area (Å²) in [5, 5.41) is 8.72. The Balaban J connectivity index is 1.83. The fourth-order valence-electron chi connectivity index (χ4n) is 2.81. The molecule has 1 aliphatic heterocycles. The lowest BCUT2D eigenvalue weighted by Gasteiger charge is -2.21. The highest BCUT2D eigenvalue weighted by atomic mass is 19.1. The van der Waals surface area contributed by atoms with Crippen LogP contribution in [0.1, 0.15) is 17.5 Å². The average Bonchev–Trinajstić information content (AvgIpc) is 2.83. The van der Waals surface area contributed by atoms with Crippen molar-refractivity contribution in [2.24, 2.45) is 5.73 Å². The van der Waals surface area contributed by atoms with E-state index >= 15 is 0 Å². The molecule has 2 atom stereocenters. The second-order valence-corrected chi connectivity index (χ2v) is 5.71. The van der Waals surface area contributed by atoms with Gasteiger partial charge in [0, 0.05) is 19.9 Å². The van der Waals surface area contributed by atoms with E-state index in [2.05, 4.69) is 0 Å². The Morgan fingerprint density at radius 1 is 1.52 bits per heavy atom. The number of allylic oxidation sites excluding steroid dienone is 2. The standard InChI is InChI=1S/C17H16FN3O2/c1-21-15-8-11(4-5-16(15)23-17(21)22)10-2-3-12(14(18)7-10)6-13(20)9-19/h2-5,7,13,15H,6,8,20H2,1H3/t13-,15?/m0/s1. The van der Waals surface area contributed by atoms with Crippen molar-refractivity contribution >= 4 is 11.7 Å². The van der Waals surface area contributed by atoms with Crippen molar-refractivity contribution in [3.8, 4) is 6.07 Å². The third kappa shape index (κ3) is 2.83. The molecule has 1 amide bonds. The lowest BCUT2D eigenvalue weighted by Crippen LogP contribution is -2.29. The first-order valence-corrected chi connectivity index (χ1v) is 7.29. The molecule has 1 heterocycles. The fourth-order valence-corrected chi connectivity index (χ4v) is 2.81. The molecule has 118 valence electrons. The quantitative estimate of drug-likeness (QED) is 0.929. The van der Waals surface area contributed by atoms with Crippen molar-refractivity contribution in [2.45, 2.75) is 24.9 Å². The Morgan fingerprint density at radius 3 is 3.00 bits per heavy atom. The summed E-state index contributed by atoms with van der Waals surface area (Å²) in [5.41, 5.74) is 7.65. The van der Waals surface area contributed by atoms with Crippen LogP contribution in [0.4, 0.5) is 9.18 Å². The van der Waals surface area contributed by atoms with Crippen molar-refractivity contribution in [3.05, 3.63) is 53.1 Å². The molecular weight excluding hydrogens is 297 g/mol. The summed E-state index contributed by atoms with van der Waals surface area (Å²) in [6.45, 7) is 0. The zero-order valence-electron chi connectivity index (χ0n) is 12.6. The van der Waals surface area contributed by atoms with Gasteiger partial charge < -0.3 is 15.4 Å². The molecule has 0 aromatic heterocycles. The first-order chi connectivity index (χ1) is 11.0. The SMILES string of the molecule is CN1C(=O)OC2=CC=C(c3ccc(C[C@H](N)C#N)c(F)c3)CC21. The van der Waals surface area contributed by atoms with Gasteiger partial charge in [-0.25, -0.2) is 9.18 Å². The number of benzene rings is 1. The Morgan fingerprint density at radius 2 is 2.30 bits per heavy atom. The fraction of sp³-hybridized carbons (Fsp3) is 0.294. The summed E-state index contributed by atoms with van der Waals surface area (Å²) in [4.78, 5) is 13.1. The average molecular weight is 313 g/mol. The largest absolute Gasteiger partial charge is 0.415 e. The summed E-state index contributed by atoms with van der Waals surface area (Å²) in [6.07, 6.45) is 3.97. The van der Waals surface area contributed by atoms with Gasteiger partial charge in [0.25, 0.3) is 0 Å². The number of fused-ring (bicyclic) bond motifs is 1. The van der Waals surface area contributed by atoms with E-state index in [1.807, 2.05) is 18.2 Å². The number of carbonyl (C=O) groups excluding carboxylic acids is 1. The Labute approximate surface area is 133 Å². The molecule has 1 aromatic rings. The molecule has 2 aliphatic rings. The normalized spacial score (nSPS) is 21.0. The Bertz CT molecular complexity index is 764. The molecule has 0 saturated carbocycles. The second kappa shape index (κ2) is 5.86. The first-order valence-electron chi connectivity index (χ1n) is 7.29. The lowest BCUT2D eigenvalue weighted by molar-refractivity contribution is 0.173. The van der Waals surface area contributed by atoms with E-state index in [4.69, 9.17) is 15.7 Å². The second-order valence-electron chi connectivity index (χ2n) is 5.71. The first kappa shape index (κ1) is 15.3. The van der Waals surface area contributed by atoms with Gasteiger partial charge in [0.1, 0.15) is 11.6 Å². The van der Waals surface area contributed by atoms with E-state index in [1.54, 1.807) is 19.2 Å². The molecule has 1 unspecified atom stereocenters. The van der Waals surface area contributed by atoms with Gasteiger partial charge in [-0.05, 0) is 28.8 Å². The smallest absolute Gasteiger partial charge is 0.412 e. The van der Waals surface area contributed by atoms with Gasteiger partial charge in [-0.3, -0.25) is 0 Å². The summed E-state index contributed by atoms with van der Waals surface area (Å²) in [6, 6.07) is 5.95. The van der Waals surface area contributed by atoms with Crippen LogP contribution in [0, 0.1) is 17.1 Å². The summed E-state index contributed by atoms with van der Waals surface area (Å²) >= 11 is 0. The molecule has 0 radical (unpaired) electrons. The number of hydrogen-bond acceptors (Lipinski definition) is 4. The molecule has 1 saturated heterocycles. The number of nitriles is 1. The van der Waals surface area contributed by atoms with Crippen LogP contribution in [0.2, 0.25) is 0 Å². The predicted octanol–water partition coefficient (Wildman–Crippen LogP) is 2.34. The van der Waals surface area contributed by atoms with E-state index in [1.165, 1.54) is 11.0 Å². The van der Waals surface area contributed by atoms with E-state index in [0.29, 0.717) is 17.7 Å². The minimum absolute atomic E-state index is 0.141. The maximum Gasteiger partial charge on any atom is 0.415 e. The Kier molecular flexibility index (Phi) is 3.89. The van der Waals surface area contributed by atoms with Crippen LogP contribution in [0.5, 0.6) is 0 Å². The molecule has 6 heteroatoms. The van der Waals surface area contributed by atoms with E-state index in [-0.39, 0.29) is 24.4 Å². The van der Waals surface area contributed by atoms with Crippen molar-refractivity contribution < 1.29 is 13.9 Å². The van der Waals surface area contributed by atoms with E-state index < -0.39 is 6.04 Å². The zero-order chi connectivity index (χ0) is 16.6. The van der Waals surface area contributed by atoms with Gasteiger partial charge in [0.2, 0.25) is 0 Å². The van der Waals surface area contributed by atoms with Crippen molar-refractivity contribution in [1.29, 1.82) is 5.26 Å². The van der Waals surface area contributed by atoms with Crippen LogP contribution < -0.4 is 5.73 Å². The highest BCUT2D eigenvalue weighted by Crippen LogP contribution is 2.34. The number of nitrogens with two attached hydrogens (primary N) is 1. The number of hydrogen-bond donors (Lipinski definition) is 1. The monoisotopic (exact) mass is 313 g/mol.